The van der Waals surface area contributed by atoms with Crippen LogP contribution in [-0.4, -0.2) is 62.7 Å². The molecule has 8 nitrogen and oxygen atoms in total. The van der Waals surface area contributed by atoms with Gasteiger partial charge in [0.05, 0.1) is 10.4 Å². The number of imidazole rings is 1. The first-order valence-corrected chi connectivity index (χ1v) is 12.4. The Hall–Kier alpha value is -2.68. The number of likely N-dealkylation sites (N-methyl/N-ethyl adjacent to an activating group) is 1. The molecule has 0 bridgehead atoms. The number of ether oxygens (including phenoxy) is 2. The molecule has 1 saturated carbocycles. The maximum atomic E-state index is 13.4. The van der Waals surface area contributed by atoms with E-state index >= 15 is 0 Å². The van der Waals surface area contributed by atoms with Crippen molar-refractivity contribution in [2.45, 2.75) is 82.5 Å². The van der Waals surface area contributed by atoms with E-state index in [2.05, 4.69) is 10.3 Å². The summed E-state index contributed by atoms with van der Waals surface area (Å²) < 4.78 is 13.7. The van der Waals surface area contributed by atoms with Crippen LogP contribution in [0.15, 0.2) is 30.7 Å². The third-order valence-electron chi connectivity index (χ3n) is 6.78. The summed E-state index contributed by atoms with van der Waals surface area (Å²) in [6, 6.07) is 3.35. The summed E-state index contributed by atoms with van der Waals surface area (Å²) in [6.07, 6.45) is 9.47. The molecule has 184 valence electrons. The fourth-order valence-electron chi connectivity index (χ4n) is 5.20. The number of aromatic nitrogens is 2. The lowest BCUT2D eigenvalue weighted by Gasteiger charge is -2.44. The van der Waals surface area contributed by atoms with Crippen LogP contribution in [0.4, 0.5) is 4.79 Å². The molecule has 3 heterocycles. The van der Waals surface area contributed by atoms with Crippen molar-refractivity contribution in [2.24, 2.45) is 0 Å². The topological polar surface area (TPSA) is 85.2 Å². The van der Waals surface area contributed by atoms with Gasteiger partial charge in [0.1, 0.15) is 23.4 Å². The average molecular weight is 487 g/mol. The maximum absolute atomic E-state index is 13.4. The van der Waals surface area contributed by atoms with Gasteiger partial charge in [0.2, 0.25) is 0 Å². The molecule has 2 aliphatic rings. The molecule has 1 aliphatic carbocycles. The SMILES string of the molecule is CNC(=S)C1(c2ccc3nccn3c2)CCCCC1OC(=O)[C@H]1CCCN1C(=O)OC(C)(C)C. The van der Waals surface area contributed by atoms with Crippen LogP contribution < -0.4 is 5.32 Å². The Kier molecular flexibility index (Phi) is 6.85. The van der Waals surface area contributed by atoms with Crippen molar-refractivity contribution in [3.8, 4) is 0 Å². The summed E-state index contributed by atoms with van der Waals surface area (Å²) in [6.45, 7) is 5.94. The zero-order valence-electron chi connectivity index (χ0n) is 20.4. The van der Waals surface area contributed by atoms with Crippen LogP contribution in [0.25, 0.3) is 5.65 Å². The largest absolute Gasteiger partial charge is 0.459 e. The van der Waals surface area contributed by atoms with Crippen LogP contribution >= 0.6 is 12.2 Å². The van der Waals surface area contributed by atoms with Crippen LogP contribution in [-0.2, 0) is 19.7 Å². The van der Waals surface area contributed by atoms with Crippen molar-refractivity contribution in [1.82, 2.24) is 19.6 Å². The third kappa shape index (κ3) is 4.62. The van der Waals surface area contributed by atoms with Crippen molar-refractivity contribution in [3.63, 3.8) is 0 Å². The number of rotatable bonds is 4. The van der Waals surface area contributed by atoms with Crippen molar-refractivity contribution in [1.29, 1.82) is 0 Å². The summed E-state index contributed by atoms with van der Waals surface area (Å²) >= 11 is 5.85. The lowest BCUT2D eigenvalue weighted by Crippen LogP contribution is -2.55. The maximum Gasteiger partial charge on any atom is 0.411 e. The lowest BCUT2D eigenvalue weighted by atomic mass is 9.67. The monoisotopic (exact) mass is 486 g/mol. The molecule has 2 unspecified atom stereocenters. The highest BCUT2D eigenvalue weighted by Gasteiger charge is 2.49. The molecule has 1 amide bonds. The minimum absolute atomic E-state index is 0.387. The van der Waals surface area contributed by atoms with Crippen LogP contribution in [0.5, 0.6) is 0 Å². The van der Waals surface area contributed by atoms with E-state index in [9.17, 15) is 9.59 Å². The first-order valence-electron chi connectivity index (χ1n) is 12.0. The normalized spacial score (nSPS) is 25.2. The zero-order valence-corrected chi connectivity index (χ0v) is 21.2. The summed E-state index contributed by atoms with van der Waals surface area (Å²) in [5, 5.41) is 3.17. The highest BCUT2D eigenvalue weighted by Crippen LogP contribution is 2.43. The number of hydrogen-bond donors (Lipinski definition) is 1. The van der Waals surface area contributed by atoms with Crippen LogP contribution in [0.3, 0.4) is 0 Å². The van der Waals surface area contributed by atoms with E-state index in [4.69, 9.17) is 21.7 Å². The Labute approximate surface area is 206 Å². The summed E-state index contributed by atoms with van der Waals surface area (Å²) in [5.41, 5.74) is 0.562. The van der Waals surface area contributed by atoms with Crippen molar-refractivity contribution in [2.75, 3.05) is 13.6 Å². The quantitative estimate of drug-likeness (QED) is 0.516. The van der Waals surface area contributed by atoms with Gasteiger partial charge in [-0.25, -0.2) is 14.6 Å². The second-order valence-electron chi connectivity index (χ2n) is 10.2. The molecule has 9 heteroatoms. The molecule has 34 heavy (non-hydrogen) atoms. The minimum atomic E-state index is -0.647. The van der Waals surface area contributed by atoms with Gasteiger partial charge in [0, 0.05) is 32.2 Å². The van der Waals surface area contributed by atoms with E-state index in [0.29, 0.717) is 24.4 Å². The first kappa shape index (κ1) is 24.4. The number of pyridine rings is 1. The standard InChI is InChI=1S/C25H34N4O4S/c1-24(2,3)33-23(31)29-14-7-8-18(29)21(30)32-19-9-5-6-12-25(19,22(34)26-4)17-10-11-20-27-13-15-28(20)16-17/h10-11,13,15-16,18-19H,5-9,12,14H2,1-4H3,(H,26,34)/t18-,19?,25?/m1/s1. The van der Waals surface area contributed by atoms with Gasteiger partial charge in [0.25, 0.3) is 0 Å². The molecule has 2 fully saturated rings. The molecule has 1 N–H and O–H groups in total. The molecular formula is C25H34N4O4S. The van der Waals surface area contributed by atoms with Gasteiger partial charge in [-0.05, 0) is 64.5 Å². The van der Waals surface area contributed by atoms with E-state index in [0.717, 1.165) is 36.9 Å². The van der Waals surface area contributed by atoms with E-state index in [1.54, 1.807) is 6.20 Å². The van der Waals surface area contributed by atoms with Gasteiger partial charge in [0.15, 0.2) is 0 Å². The smallest absolute Gasteiger partial charge is 0.411 e. The second-order valence-corrected chi connectivity index (χ2v) is 10.6. The zero-order chi connectivity index (χ0) is 24.5. The van der Waals surface area contributed by atoms with Crippen LogP contribution in [0.2, 0.25) is 0 Å². The Morgan fingerprint density at radius 2 is 2.00 bits per heavy atom. The average Bonchev–Trinajstić information content (AvgIpc) is 3.47. The third-order valence-corrected chi connectivity index (χ3v) is 7.35. The molecule has 4 rings (SSSR count). The van der Waals surface area contributed by atoms with Crippen LogP contribution in [0, 0.1) is 0 Å². The number of nitrogens with one attached hydrogen (secondary N) is 1. The Balaban J connectivity index is 1.62. The molecule has 0 radical (unpaired) electrons. The van der Waals surface area contributed by atoms with Crippen molar-refractivity contribution in [3.05, 3.63) is 36.3 Å². The number of thiocarbonyl (C=S) groups is 1. The number of fused-ring (bicyclic) bond motifs is 1. The van der Waals surface area contributed by atoms with Gasteiger partial charge in [-0.1, -0.05) is 24.7 Å². The van der Waals surface area contributed by atoms with Gasteiger partial charge >= 0.3 is 12.1 Å². The molecule has 2 aromatic heterocycles. The number of likely N-dealkylation sites (tertiary alicyclic amines) is 1. The molecule has 0 spiro atoms. The van der Waals surface area contributed by atoms with Gasteiger partial charge in [-0.3, -0.25) is 4.90 Å². The van der Waals surface area contributed by atoms with Gasteiger partial charge in [-0.15, -0.1) is 0 Å². The molecule has 0 aromatic carbocycles. The molecular weight excluding hydrogens is 452 g/mol. The molecule has 1 saturated heterocycles. The van der Waals surface area contributed by atoms with Gasteiger partial charge < -0.3 is 19.2 Å². The van der Waals surface area contributed by atoms with E-state index in [-0.39, 0.29) is 5.97 Å². The number of hydrogen-bond acceptors (Lipinski definition) is 6. The Morgan fingerprint density at radius 1 is 1.21 bits per heavy atom. The number of nitrogens with zero attached hydrogens (tertiary/aromatic N) is 3. The molecule has 2 aromatic rings. The fraction of sp³-hybridized carbons (Fsp3) is 0.600. The summed E-state index contributed by atoms with van der Waals surface area (Å²) in [5.74, 6) is -0.387. The van der Waals surface area contributed by atoms with Gasteiger partial charge in [-0.2, -0.15) is 0 Å². The van der Waals surface area contributed by atoms with E-state index in [1.165, 1.54) is 4.90 Å². The fourth-order valence-corrected chi connectivity index (χ4v) is 5.55. The second kappa shape index (κ2) is 9.52. The Bertz CT molecular complexity index is 1080. The van der Waals surface area contributed by atoms with Crippen molar-refractivity contribution >= 4 is 34.9 Å². The molecule has 3 atom stereocenters. The predicted molar refractivity (Wildman–Crippen MR) is 133 cm³/mol. The van der Waals surface area contributed by atoms with E-state index < -0.39 is 29.3 Å². The first-order chi connectivity index (χ1) is 16.2. The lowest BCUT2D eigenvalue weighted by molar-refractivity contribution is -0.158. The van der Waals surface area contributed by atoms with Crippen LogP contribution in [0.1, 0.15) is 64.9 Å². The van der Waals surface area contributed by atoms with E-state index in [1.807, 2.05) is 56.7 Å². The highest BCUT2D eigenvalue weighted by molar-refractivity contribution is 7.80. The number of amides is 1. The Morgan fingerprint density at radius 3 is 2.74 bits per heavy atom. The minimum Gasteiger partial charge on any atom is -0.459 e. The summed E-state index contributed by atoms with van der Waals surface area (Å²) in [4.78, 5) is 32.7. The highest BCUT2D eigenvalue weighted by atomic mass is 32.1. The summed E-state index contributed by atoms with van der Waals surface area (Å²) in [7, 11) is 1.81. The number of esters is 1. The molecule has 1 aliphatic heterocycles. The predicted octanol–water partition coefficient (Wildman–Crippen LogP) is 4.00. The number of carbonyl (C=O) groups is 2. The number of carbonyl (C=O) groups excluding carboxylic acids is 2. The van der Waals surface area contributed by atoms with Crippen molar-refractivity contribution < 1.29 is 19.1 Å².